The van der Waals surface area contributed by atoms with E-state index in [0.717, 1.165) is 22.4 Å². The molecule has 2 rings (SSSR count). The third-order valence-electron chi connectivity index (χ3n) is 3.87. The number of benzene rings is 2. The van der Waals surface area contributed by atoms with Crippen molar-refractivity contribution in [2.75, 3.05) is 11.9 Å². The zero-order valence-electron chi connectivity index (χ0n) is 14.9. The van der Waals surface area contributed by atoms with Gasteiger partial charge in [0.1, 0.15) is 5.75 Å². The van der Waals surface area contributed by atoms with Crippen LogP contribution in [-0.4, -0.2) is 17.6 Å². The van der Waals surface area contributed by atoms with Crippen LogP contribution in [0, 0.1) is 20.8 Å². The first-order valence-corrected chi connectivity index (χ1v) is 8.00. The molecular weight excluding hydrogens is 302 g/mol. The molecule has 24 heavy (non-hydrogen) atoms. The van der Waals surface area contributed by atoms with Gasteiger partial charge in [0.15, 0.2) is 6.61 Å². The van der Waals surface area contributed by atoms with Crippen LogP contribution in [0.5, 0.6) is 5.75 Å². The molecular formula is C20H25NO3. The van der Waals surface area contributed by atoms with Gasteiger partial charge < -0.3 is 15.2 Å². The van der Waals surface area contributed by atoms with E-state index in [1.807, 2.05) is 32.9 Å². The molecule has 4 heteroatoms. The quantitative estimate of drug-likeness (QED) is 0.877. The van der Waals surface area contributed by atoms with E-state index < -0.39 is 5.60 Å². The van der Waals surface area contributed by atoms with Gasteiger partial charge in [0, 0.05) is 5.69 Å². The van der Waals surface area contributed by atoms with Crippen molar-refractivity contribution < 1.29 is 14.6 Å². The lowest BCUT2D eigenvalue weighted by Crippen LogP contribution is -2.21. The molecule has 0 unspecified atom stereocenters. The fourth-order valence-corrected chi connectivity index (χ4v) is 2.66. The van der Waals surface area contributed by atoms with Gasteiger partial charge in [-0.15, -0.1) is 0 Å². The smallest absolute Gasteiger partial charge is 0.262 e. The third kappa shape index (κ3) is 4.59. The summed E-state index contributed by atoms with van der Waals surface area (Å²) in [5.74, 6) is 0.395. The van der Waals surface area contributed by atoms with E-state index >= 15 is 0 Å². The molecule has 0 aromatic heterocycles. The maximum Gasteiger partial charge on any atom is 0.262 e. The van der Waals surface area contributed by atoms with Gasteiger partial charge >= 0.3 is 0 Å². The van der Waals surface area contributed by atoms with Crippen LogP contribution in [0.1, 0.15) is 36.1 Å². The van der Waals surface area contributed by atoms with Gasteiger partial charge in [-0.25, -0.2) is 0 Å². The van der Waals surface area contributed by atoms with Crippen LogP contribution in [-0.2, 0) is 10.4 Å². The minimum Gasteiger partial charge on any atom is -0.484 e. The molecule has 0 aliphatic heterocycles. The van der Waals surface area contributed by atoms with Gasteiger partial charge in [-0.05, 0) is 63.4 Å². The van der Waals surface area contributed by atoms with Crippen LogP contribution in [0.15, 0.2) is 36.4 Å². The summed E-state index contributed by atoms with van der Waals surface area (Å²) in [6, 6.07) is 11.2. The molecule has 0 fully saturated rings. The van der Waals surface area contributed by atoms with E-state index in [-0.39, 0.29) is 12.5 Å². The number of amides is 1. The first kappa shape index (κ1) is 18.0. The average Bonchev–Trinajstić information content (AvgIpc) is 2.48. The Hall–Kier alpha value is -2.33. The van der Waals surface area contributed by atoms with Crippen LogP contribution in [0.2, 0.25) is 0 Å². The van der Waals surface area contributed by atoms with Crippen LogP contribution in [0.25, 0.3) is 0 Å². The minimum atomic E-state index is -0.892. The molecule has 0 aliphatic rings. The second-order valence-electron chi connectivity index (χ2n) is 6.69. The summed E-state index contributed by atoms with van der Waals surface area (Å²) in [4.78, 5) is 12.1. The Morgan fingerprint density at radius 2 is 1.62 bits per heavy atom. The molecule has 0 atom stereocenters. The number of carbonyl (C=O) groups excluding carboxylic acids is 1. The van der Waals surface area contributed by atoms with Gasteiger partial charge in [0.05, 0.1) is 5.60 Å². The Morgan fingerprint density at radius 3 is 2.12 bits per heavy atom. The average molecular weight is 327 g/mol. The molecule has 2 aromatic carbocycles. The maximum atomic E-state index is 12.1. The number of anilines is 1. The lowest BCUT2D eigenvalue weighted by molar-refractivity contribution is -0.118. The van der Waals surface area contributed by atoms with E-state index in [2.05, 4.69) is 5.32 Å². The number of carbonyl (C=O) groups is 1. The first-order valence-electron chi connectivity index (χ1n) is 8.00. The monoisotopic (exact) mass is 327 g/mol. The van der Waals surface area contributed by atoms with Crippen LogP contribution in [0.3, 0.4) is 0 Å². The highest BCUT2D eigenvalue weighted by molar-refractivity contribution is 5.93. The number of hydrogen-bond donors (Lipinski definition) is 2. The van der Waals surface area contributed by atoms with Crippen LogP contribution < -0.4 is 10.1 Å². The van der Waals surface area contributed by atoms with Gasteiger partial charge in [-0.3, -0.25) is 4.79 Å². The summed E-state index contributed by atoms with van der Waals surface area (Å²) in [5, 5.41) is 12.8. The van der Waals surface area contributed by atoms with Crippen molar-refractivity contribution in [2.24, 2.45) is 0 Å². The predicted octanol–water partition coefficient (Wildman–Crippen LogP) is 3.86. The number of ether oxygens (including phenoxy) is 1. The highest BCUT2D eigenvalue weighted by Gasteiger charge is 2.15. The lowest BCUT2D eigenvalue weighted by atomic mass is 9.99. The topological polar surface area (TPSA) is 58.6 Å². The Labute approximate surface area is 143 Å². The second-order valence-corrected chi connectivity index (χ2v) is 6.69. The molecule has 0 heterocycles. The maximum absolute atomic E-state index is 12.1. The predicted molar refractivity (Wildman–Crippen MR) is 96.5 cm³/mol. The summed E-state index contributed by atoms with van der Waals surface area (Å²) in [5.41, 5.74) is 3.99. The number of aliphatic hydroxyl groups is 1. The molecule has 4 nitrogen and oxygen atoms in total. The Morgan fingerprint density at radius 1 is 1.08 bits per heavy atom. The van der Waals surface area contributed by atoms with Crippen molar-refractivity contribution in [1.29, 1.82) is 0 Å². The Bertz CT molecular complexity index is 705. The normalized spacial score (nSPS) is 11.2. The van der Waals surface area contributed by atoms with Crippen LogP contribution >= 0.6 is 0 Å². The van der Waals surface area contributed by atoms with Gasteiger partial charge in [0.2, 0.25) is 0 Å². The Balaban J connectivity index is 1.97. The molecule has 1 amide bonds. The van der Waals surface area contributed by atoms with E-state index in [9.17, 15) is 9.90 Å². The number of nitrogens with one attached hydrogen (secondary N) is 1. The SMILES string of the molecule is Cc1cc(C)c(NC(=O)COc2ccc(C(C)(C)O)cc2)c(C)c1. The van der Waals surface area contributed by atoms with Crippen molar-refractivity contribution in [3.8, 4) is 5.75 Å². The molecule has 0 spiro atoms. The van der Waals surface area contributed by atoms with Gasteiger partial charge in [-0.1, -0.05) is 29.8 Å². The zero-order valence-corrected chi connectivity index (χ0v) is 14.9. The molecule has 2 N–H and O–H groups in total. The van der Waals surface area contributed by atoms with Crippen molar-refractivity contribution in [1.82, 2.24) is 0 Å². The molecule has 2 aromatic rings. The van der Waals surface area contributed by atoms with Crippen molar-refractivity contribution in [2.45, 2.75) is 40.2 Å². The second kappa shape index (κ2) is 7.05. The van der Waals surface area contributed by atoms with E-state index in [1.165, 1.54) is 5.56 Å². The summed E-state index contributed by atoms with van der Waals surface area (Å²) in [7, 11) is 0. The largest absolute Gasteiger partial charge is 0.484 e. The number of rotatable bonds is 5. The summed E-state index contributed by atoms with van der Waals surface area (Å²) >= 11 is 0. The van der Waals surface area contributed by atoms with E-state index in [1.54, 1.807) is 38.1 Å². The van der Waals surface area contributed by atoms with Gasteiger partial charge in [-0.2, -0.15) is 0 Å². The highest BCUT2D eigenvalue weighted by Crippen LogP contribution is 2.23. The molecule has 128 valence electrons. The standard InChI is InChI=1S/C20H25NO3/c1-13-10-14(2)19(15(3)11-13)21-18(22)12-24-17-8-6-16(7-9-17)20(4,5)23/h6-11,23H,12H2,1-5H3,(H,21,22). The molecule has 0 radical (unpaired) electrons. The zero-order chi connectivity index (χ0) is 17.9. The summed E-state index contributed by atoms with van der Waals surface area (Å²) in [6.07, 6.45) is 0. The number of aryl methyl sites for hydroxylation is 3. The van der Waals surface area contributed by atoms with Gasteiger partial charge in [0.25, 0.3) is 5.91 Å². The summed E-state index contributed by atoms with van der Waals surface area (Å²) < 4.78 is 5.52. The number of hydrogen-bond acceptors (Lipinski definition) is 3. The molecule has 0 aliphatic carbocycles. The molecule has 0 saturated heterocycles. The highest BCUT2D eigenvalue weighted by atomic mass is 16.5. The van der Waals surface area contributed by atoms with Crippen molar-refractivity contribution >= 4 is 11.6 Å². The molecule has 0 bridgehead atoms. The summed E-state index contributed by atoms with van der Waals surface area (Å²) in [6.45, 7) is 9.38. The third-order valence-corrected chi connectivity index (χ3v) is 3.87. The Kier molecular flexibility index (Phi) is 5.30. The van der Waals surface area contributed by atoms with Crippen molar-refractivity contribution in [3.05, 3.63) is 58.7 Å². The fourth-order valence-electron chi connectivity index (χ4n) is 2.66. The lowest BCUT2D eigenvalue weighted by Gasteiger charge is -2.18. The minimum absolute atomic E-state index is 0.0609. The van der Waals surface area contributed by atoms with Crippen molar-refractivity contribution in [3.63, 3.8) is 0 Å². The van der Waals surface area contributed by atoms with E-state index in [0.29, 0.717) is 5.75 Å². The van der Waals surface area contributed by atoms with Crippen LogP contribution in [0.4, 0.5) is 5.69 Å². The first-order chi connectivity index (χ1) is 11.2. The molecule has 0 saturated carbocycles. The fraction of sp³-hybridized carbons (Fsp3) is 0.350. The van der Waals surface area contributed by atoms with E-state index in [4.69, 9.17) is 4.74 Å².